The molecule has 1 aromatic rings. The van der Waals surface area contributed by atoms with Crippen LogP contribution in [0.25, 0.3) is 0 Å². The molecule has 0 spiro atoms. The first-order chi connectivity index (χ1) is 7.66. The molecule has 0 aliphatic heterocycles. The lowest BCUT2D eigenvalue weighted by atomic mass is 10.1. The SMILES string of the molecule is Cc1ccc(N(C)CC2CCCC2O)cc1. The predicted molar refractivity (Wildman–Crippen MR) is 67.8 cm³/mol. The Morgan fingerprint density at radius 1 is 1.25 bits per heavy atom. The van der Waals surface area contributed by atoms with Gasteiger partial charge < -0.3 is 10.0 Å². The van der Waals surface area contributed by atoms with Crippen LogP contribution in [0.5, 0.6) is 0 Å². The maximum Gasteiger partial charge on any atom is 0.0585 e. The number of hydrogen-bond acceptors (Lipinski definition) is 2. The molecule has 1 aliphatic rings. The molecule has 1 saturated carbocycles. The van der Waals surface area contributed by atoms with E-state index in [0.717, 1.165) is 19.4 Å². The van der Waals surface area contributed by atoms with Crippen molar-refractivity contribution in [2.75, 3.05) is 18.5 Å². The van der Waals surface area contributed by atoms with Crippen LogP contribution in [-0.4, -0.2) is 24.8 Å². The number of aliphatic hydroxyl groups is 1. The first kappa shape index (κ1) is 11.5. The van der Waals surface area contributed by atoms with E-state index in [1.165, 1.54) is 17.7 Å². The standard InChI is InChI=1S/C14H21NO/c1-11-6-8-13(9-7-11)15(2)10-12-4-3-5-14(12)16/h6-9,12,14,16H,3-5,10H2,1-2H3. The fourth-order valence-electron chi connectivity index (χ4n) is 2.49. The Labute approximate surface area is 97.9 Å². The van der Waals surface area contributed by atoms with Gasteiger partial charge in [-0.1, -0.05) is 24.1 Å². The zero-order valence-corrected chi connectivity index (χ0v) is 10.2. The van der Waals surface area contributed by atoms with Crippen molar-refractivity contribution < 1.29 is 5.11 Å². The quantitative estimate of drug-likeness (QED) is 0.844. The van der Waals surface area contributed by atoms with E-state index in [-0.39, 0.29) is 6.10 Å². The van der Waals surface area contributed by atoms with Crippen molar-refractivity contribution in [3.8, 4) is 0 Å². The van der Waals surface area contributed by atoms with Crippen molar-refractivity contribution in [2.24, 2.45) is 5.92 Å². The molecule has 0 bridgehead atoms. The summed E-state index contributed by atoms with van der Waals surface area (Å²) in [4.78, 5) is 2.25. The summed E-state index contributed by atoms with van der Waals surface area (Å²) in [6.07, 6.45) is 3.23. The van der Waals surface area contributed by atoms with Gasteiger partial charge in [-0.2, -0.15) is 0 Å². The smallest absolute Gasteiger partial charge is 0.0585 e. The van der Waals surface area contributed by atoms with Gasteiger partial charge in [-0.3, -0.25) is 0 Å². The number of anilines is 1. The van der Waals surface area contributed by atoms with Crippen molar-refractivity contribution in [3.05, 3.63) is 29.8 Å². The number of hydrogen-bond donors (Lipinski definition) is 1. The van der Waals surface area contributed by atoms with Crippen LogP contribution in [0.1, 0.15) is 24.8 Å². The lowest BCUT2D eigenvalue weighted by Crippen LogP contribution is -2.29. The summed E-state index contributed by atoms with van der Waals surface area (Å²) in [7, 11) is 2.11. The van der Waals surface area contributed by atoms with Crippen LogP contribution in [0, 0.1) is 12.8 Å². The average molecular weight is 219 g/mol. The number of nitrogens with zero attached hydrogens (tertiary/aromatic N) is 1. The van der Waals surface area contributed by atoms with Crippen LogP contribution in [0.15, 0.2) is 24.3 Å². The predicted octanol–water partition coefficient (Wildman–Crippen LogP) is 2.59. The number of benzene rings is 1. The van der Waals surface area contributed by atoms with E-state index in [0.29, 0.717) is 5.92 Å². The molecule has 2 unspecified atom stereocenters. The molecule has 88 valence electrons. The normalized spacial score (nSPS) is 24.7. The third-order valence-corrected chi connectivity index (χ3v) is 3.60. The Morgan fingerprint density at radius 3 is 2.50 bits per heavy atom. The monoisotopic (exact) mass is 219 g/mol. The molecular weight excluding hydrogens is 198 g/mol. The van der Waals surface area contributed by atoms with Crippen molar-refractivity contribution in [3.63, 3.8) is 0 Å². The van der Waals surface area contributed by atoms with E-state index in [2.05, 4.69) is 43.1 Å². The summed E-state index contributed by atoms with van der Waals surface area (Å²) in [5.74, 6) is 0.450. The second kappa shape index (κ2) is 4.88. The van der Waals surface area contributed by atoms with Crippen molar-refractivity contribution in [1.29, 1.82) is 0 Å². The van der Waals surface area contributed by atoms with Crippen LogP contribution in [-0.2, 0) is 0 Å². The summed E-state index contributed by atoms with van der Waals surface area (Å²) in [6, 6.07) is 8.57. The second-order valence-electron chi connectivity index (χ2n) is 4.97. The molecule has 16 heavy (non-hydrogen) atoms. The van der Waals surface area contributed by atoms with Gasteiger partial charge in [0.05, 0.1) is 6.10 Å². The van der Waals surface area contributed by atoms with Gasteiger partial charge in [0.15, 0.2) is 0 Å². The van der Waals surface area contributed by atoms with Gasteiger partial charge in [0.2, 0.25) is 0 Å². The third-order valence-electron chi connectivity index (χ3n) is 3.60. The van der Waals surface area contributed by atoms with E-state index in [9.17, 15) is 5.11 Å². The van der Waals surface area contributed by atoms with Crippen LogP contribution < -0.4 is 4.90 Å². The van der Waals surface area contributed by atoms with Crippen LogP contribution in [0.3, 0.4) is 0 Å². The highest BCUT2D eigenvalue weighted by Gasteiger charge is 2.26. The van der Waals surface area contributed by atoms with Gasteiger partial charge >= 0.3 is 0 Å². The van der Waals surface area contributed by atoms with Gasteiger partial charge in [0.25, 0.3) is 0 Å². The Kier molecular flexibility index (Phi) is 3.49. The molecule has 1 fully saturated rings. The van der Waals surface area contributed by atoms with Gasteiger partial charge in [-0.05, 0) is 31.9 Å². The Bertz CT molecular complexity index is 333. The third kappa shape index (κ3) is 2.56. The first-order valence-corrected chi connectivity index (χ1v) is 6.12. The highest BCUT2D eigenvalue weighted by Crippen LogP contribution is 2.27. The zero-order chi connectivity index (χ0) is 11.5. The van der Waals surface area contributed by atoms with E-state index in [4.69, 9.17) is 0 Å². The maximum atomic E-state index is 9.80. The minimum Gasteiger partial charge on any atom is -0.393 e. The molecule has 1 aromatic carbocycles. The maximum absolute atomic E-state index is 9.80. The van der Waals surface area contributed by atoms with Gasteiger partial charge in [0.1, 0.15) is 0 Å². The molecule has 0 aromatic heterocycles. The number of aryl methyl sites for hydroxylation is 1. The molecule has 1 aliphatic carbocycles. The summed E-state index contributed by atoms with van der Waals surface area (Å²) < 4.78 is 0. The number of rotatable bonds is 3. The topological polar surface area (TPSA) is 23.5 Å². The van der Waals surface area contributed by atoms with Crippen LogP contribution >= 0.6 is 0 Å². The van der Waals surface area contributed by atoms with Crippen molar-refractivity contribution >= 4 is 5.69 Å². The largest absolute Gasteiger partial charge is 0.393 e. The molecule has 2 rings (SSSR count). The Balaban J connectivity index is 1.97. The fraction of sp³-hybridized carbons (Fsp3) is 0.571. The summed E-state index contributed by atoms with van der Waals surface area (Å²) in [5.41, 5.74) is 2.53. The number of aliphatic hydroxyl groups excluding tert-OH is 1. The van der Waals surface area contributed by atoms with E-state index >= 15 is 0 Å². The van der Waals surface area contributed by atoms with Gasteiger partial charge in [-0.15, -0.1) is 0 Å². The van der Waals surface area contributed by atoms with Crippen LogP contribution in [0.4, 0.5) is 5.69 Å². The average Bonchev–Trinajstić information content (AvgIpc) is 2.65. The Morgan fingerprint density at radius 2 is 1.94 bits per heavy atom. The fourth-order valence-corrected chi connectivity index (χ4v) is 2.49. The second-order valence-corrected chi connectivity index (χ2v) is 4.97. The molecule has 1 N–H and O–H groups in total. The summed E-state index contributed by atoms with van der Waals surface area (Å²) >= 11 is 0. The Hall–Kier alpha value is -1.02. The molecule has 0 heterocycles. The molecule has 2 nitrogen and oxygen atoms in total. The van der Waals surface area contributed by atoms with E-state index in [1.807, 2.05) is 0 Å². The minimum atomic E-state index is -0.0899. The molecule has 0 amide bonds. The lowest BCUT2D eigenvalue weighted by Gasteiger charge is -2.25. The first-order valence-electron chi connectivity index (χ1n) is 6.12. The zero-order valence-electron chi connectivity index (χ0n) is 10.2. The van der Waals surface area contributed by atoms with Gasteiger partial charge in [0, 0.05) is 25.2 Å². The molecule has 2 heteroatoms. The van der Waals surface area contributed by atoms with E-state index in [1.54, 1.807) is 0 Å². The highest BCUT2D eigenvalue weighted by atomic mass is 16.3. The lowest BCUT2D eigenvalue weighted by molar-refractivity contribution is 0.136. The van der Waals surface area contributed by atoms with Gasteiger partial charge in [-0.25, -0.2) is 0 Å². The summed E-state index contributed by atoms with van der Waals surface area (Å²) in [6.45, 7) is 3.06. The summed E-state index contributed by atoms with van der Waals surface area (Å²) in [5, 5.41) is 9.80. The van der Waals surface area contributed by atoms with Crippen molar-refractivity contribution in [2.45, 2.75) is 32.3 Å². The van der Waals surface area contributed by atoms with Crippen molar-refractivity contribution in [1.82, 2.24) is 0 Å². The highest BCUT2D eigenvalue weighted by molar-refractivity contribution is 5.46. The molecule has 0 radical (unpaired) electrons. The molecule has 0 saturated heterocycles. The molecular formula is C14H21NO. The minimum absolute atomic E-state index is 0.0899. The van der Waals surface area contributed by atoms with Crippen LogP contribution in [0.2, 0.25) is 0 Å². The molecule has 2 atom stereocenters. The van der Waals surface area contributed by atoms with E-state index < -0.39 is 0 Å².